The zero-order valence-electron chi connectivity index (χ0n) is 7.20. The fourth-order valence-corrected chi connectivity index (χ4v) is 1.68. The third-order valence-corrected chi connectivity index (χ3v) is 3.10. The standard InChI is InChI=1S/C10H12BrNO/c11-8-3-1-7(2-4-8)9(12)10(13)5-6-10/h1-4,9,13H,5-6,12H2. The van der Waals surface area contributed by atoms with Crippen LogP contribution in [0, 0.1) is 0 Å². The van der Waals surface area contributed by atoms with E-state index >= 15 is 0 Å². The van der Waals surface area contributed by atoms with Gasteiger partial charge < -0.3 is 10.8 Å². The van der Waals surface area contributed by atoms with Crippen molar-refractivity contribution in [2.75, 3.05) is 0 Å². The molecule has 13 heavy (non-hydrogen) atoms. The summed E-state index contributed by atoms with van der Waals surface area (Å²) in [4.78, 5) is 0. The molecule has 3 heteroatoms. The summed E-state index contributed by atoms with van der Waals surface area (Å²) in [6, 6.07) is 7.55. The summed E-state index contributed by atoms with van der Waals surface area (Å²) in [5.41, 5.74) is 6.29. The second-order valence-electron chi connectivity index (χ2n) is 3.63. The molecule has 0 heterocycles. The van der Waals surface area contributed by atoms with Crippen LogP contribution in [0.1, 0.15) is 24.4 Å². The first-order valence-electron chi connectivity index (χ1n) is 4.35. The minimum atomic E-state index is -0.631. The second-order valence-corrected chi connectivity index (χ2v) is 4.55. The smallest absolute Gasteiger partial charge is 0.0841 e. The van der Waals surface area contributed by atoms with Crippen molar-refractivity contribution in [2.45, 2.75) is 24.5 Å². The molecule has 1 saturated carbocycles. The van der Waals surface area contributed by atoms with E-state index < -0.39 is 5.60 Å². The predicted octanol–water partition coefficient (Wildman–Crippen LogP) is 1.97. The van der Waals surface area contributed by atoms with Crippen molar-refractivity contribution >= 4 is 15.9 Å². The lowest BCUT2D eigenvalue weighted by atomic mass is 10.0. The Bertz CT molecular complexity index is 305. The lowest BCUT2D eigenvalue weighted by Gasteiger charge is -2.17. The van der Waals surface area contributed by atoms with Gasteiger partial charge in [-0.2, -0.15) is 0 Å². The van der Waals surface area contributed by atoms with Crippen LogP contribution in [0.3, 0.4) is 0 Å². The third-order valence-electron chi connectivity index (χ3n) is 2.57. The van der Waals surface area contributed by atoms with Crippen LogP contribution >= 0.6 is 15.9 Å². The minimum Gasteiger partial charge on any atom is -0.388 e. The molecule has 1 atom stereocenters. The van der Waals surface area contributed by atoms with E-state index in [-0.39, 0.29) is 6.04 Å². The van der Waals surface area contributed by atoms with E-state index in [0.29, 0.717) is 0 Å². The van der Waals surface area contributed by atoms with Gasteiger partial charge in [-0.25, -0.2) is 0 Å². The molecule has 0 amide bonds. The Morgan fingerprint density at radius 3 is 2.31 bits per heavy atom. The van der Waals surface area contributed by atoms with E-state index in [1.165, 1.54) is 0 Å². The first-order chi connectivity index (χ1) is 6.12. The van der Waals surface area contributed by atoms with Crippen LogP contribution in [-0.2, 0) is 0 Å². The highest BCUT2D eigenvalue weighted by atomic mass is 79.9. The van der Waals surface area contributed by atoms with Gasteiger partial charge in [0.2, 0.25) is 0 Å². The SMILES string of the molecule is NC(c1ccc(Br)cc1)C1(O)CC1. The molecule has 70 valence electrons. The number of hydrogen-bond acceptors (Lipinski definition) is 2. The topological polar surface area (TPSA) is 46.2 Å². The number of rotatable bonds is 2. The van der Waals surface area contributed by atoms with Crippen molar-refractivity contribution < 1.29 is 5.11 Å². The Hall–Kier alpha value is -0.380. The first kappa shape index (κ1) is 9.19. The van der Waals surface area contributed by atoms with Gasteiger partial charge in [0, 0.05) is 4.47 Å². The molecule has 0 spiro atoms. The molecule has 2 rings (SSSR count). The predicted molar refractivity (Wildman–Crippen MR) is 55.3 cm³/mol. The molecule has 0 aliphatic heterocycles. The van der Waals surface area contributed by atoms with E-state index in [1.54, 1.807) is 0 Å². The van der Waals surface area contributed by atoms with Gasteiger partial charge in [-0.3, -0.25) is 0 Å². The Kier molecular flexibility index (Phi) is 2.18. The van der Waals surface area contributed by atoms with Crippen LogP contribution in [0.15, 0.2) is 28.7 Å². The van der Waals surface area contributed by atoms with Gasteiger partial charge in [0.1, 0.15) is 0 Å². The molecule has 2 nitrogen and oxygen atoms in total. The molecule has 1 aromatic carbocycles. The largest absolute Gasteiger partial charge is 0.388 e. The third kappa shape index (κ3) is 1.77. The van der Waals surface area contributed by atoms with Gasteiger partial charge in [0.25, 0.3) is 0 Å². The number of aliphatic hydroxyl groups is 1. The van der Waals surface area contributed by atoms with Gasteiger partial charge in [0.05, 0.1) is 11.6 Å². The van der Waals surface area contributed by atoms with Gasteiger partial charge in [-0.1, -0.05) is 28.1 Å². The minimum absolute atomic E-state index is 0.236. The molecule has 0 aromatic heterocycles. The van der Waals surface area contributed by atoms with Gasteiger partial charge in [0.15, 0.2) is 0 Å². The van der Waals surface area contributed by atoms with Crippen LogP contribution in [0.2, 0.25) is 0 Å². The highest BCUT2D eigenvalue weighted by Gasteiger charge is 2.46. The van der Waals surface area contributed by atoms with Crippen LogP contribution in [-0.4, -0.2) is 10.7 Å². The molecule has 0 saturated heterocycles. The van der Waals surface area contributed by atoms with Crippen molar-refractivity contribution in [2.24, 2.45) is 5.73 Å². The Labute approximate surface area is 85.9 Å². The van der Waals surface area contributed by atoms with Crippen molar-refractivity contribution in [3.8, 4) is 0 Å². The Morgan fingerprint density at radius 1 is 1.31 bits per heavy atom. The number of nitrogens with two attached hydrogens (primary N) is 1. The Balaban J connectivity index is 2.20. The number of halogens is 1. The zero-order valence-corrected chi connectivity index (χ0v) is 8.79. The molecular weight excluding hydrogens is 230 g/mol. The summed E-state index contributed by atoms with van der Waals surface area (Å²) < 4.78 is 1.03. The number of benzene rings is 1. The van der Waals surface area contributed by atoms with Crippen molar-refractivity contribution in [1.29, 1.82) is 0 Å². The average Bonchev–Trinajstić information content (AvgIpc) is 2.85. The first-order valence-corrected chi connectivity index (χ1v) is 5.14. The van der Waals surface area contributed by atoms with Crippen molar-refractivity contribution in [3.63, 3.8) is 0 Å². The molecule has 1 unspecified atom stereocenters. The molecule has 0 bridgehead atoms. The van der Waals surface area contributed by atoms with E-state index in [1.807, 2.05) is 24.3 Å². The number of hydrogen-bond donors (Lipinski definition) is 2. The summed E-state index contributed by atoms with van der Waals surface area (Å²) in [6.07, 6.45) is 1.65. The van der Waals surface area contributed by atoms with Gasteiger partial charge >= 0.3 is 0 Å². The lowest BCUT2D eigenvalue weighted by molar-refractivity contribution is 0.120. The molecule has 1 aliphatic rings. The molecule has 1 aliphatic carbocycles. The lowest BCUT2D eigenvalue weighted by Crippen LogP contribution is -2.27. The van der Waals surface area contributed by atoms with Crippen LogP contribution in [0.4, 0.5) is 0 Å². The summed E-state index contributed by atoms with van der Waals surface area (Å²) in [6.45, 7) is 0. The quantitative estimate of drug-likeness (QED) is 0.832. The maximum absolute atomic E-state index is 9.78. The molecule has 1 fully saturated rings. The molecule has 1 aromatic rings. The summed E-state index contributed by atoms with van der Waals surface area (Å²) in [5.74, 6) is 0. The van der Waals surface area contributed by atoms with E-state index in [0.717, 1.165) is 22.9 Å². The zero-order chi connectivity index (χ0) is 9.47. The fourth-order valence-electron chi connectivity index (χ4n) is 1.42. The highest BCUT2D eigenvalue weighted by Crippen LogP contribution is 2.44. The molecule has 0 radical (unpaired) electrons. The fraction of sp³-hybridized carbons (Fsp3) is 0.400. The summed E-state index contributed by atoms with van der Waals surface area (Å²) in [7, 11) is 0. The van der Waals surface area contributed by atoms with Crippen LogP contribution < -0.4 is 5.73 Å². The van der Waals surface area contributed by atoms with Crippen LogP contribution in [0.5, 0.6) is 0 Å². The van der Waals surface area contributed by atoms with Crippen LogP contribution in [0.25, 0.3) is 0 Å². The maximum atomic E-state index is 9.78. The second kappa shape index (κ2) is 3.08. The Morgan fingerprint density at radius 2 is 1.85 bits per heavy atom. The van der Waals surface area contributed by atoms with E-state index in [9.17, 15) is 5.11 Å². The summed E-state index contributed by atoms with van der Waals surface area (Å²) >= 11 is 3.36. The van der Waals surface area contributed by atoms with Crippen molar-refractivity contribution in [1.82, 2.24) is 0 Å². The molecule has 3 N–H and O–H groups in total. The summed E-state index contributed by atoms with van der Waals surface area (Å²) in [5, 5.41) is 9.78. The van der Waals surface area contributed by atoms with Crippen molar-refractivity contribution in [3.05, 3.63) is 34.3 Å². The van der Waals surface area contributed by atoms with E-state index in [4.69, 9.17) is 5.73 Å². The van der Waals surface area contributed by atoms with Gasteiger partial charge in [-0.05, 0) is 30.5 Å². The van der Waals surface area contributed by atoms with Gasteiger partial charge in [-0.15, -0.1) is 0 Å². The van der Waals surface area contributed by atoms with E-state index in [2.05, 4.69) is 15.9 Å². The maximum Gasteiger partial charge on any atom is 0.0841 e. The molecular formula is C10H12BrNO. The normalized spacial score (nSPS) is 21.2. The average molecular weight is 242 g/mol. The highest BCUT2D eigenvalue weighted by molar-refractivity contribution is 9.10. The monoisotopic (exact) mass is 241 g/mol.